The van der Waals surface area contributed by atoms with Crippen LogP contribution in [0.3, 0.4) is 0 Å². The second-order valence-corrected chi connectivity index (χ2v) is 24.5. The summed E-state index contributed by atoms with van der Waals surface area (Å²) in [6, 6.07) is 0. The molecule has 0 aliphatic heterocycles. The Hall–Kier alpha value is -2.37. The zero-order valence-electron chi connectivity index (χ0n) is 54.1. The second-order valence-electron chi connectivity index (χ2n) is 24.5. The average Bonchev–Trinajstić information content (AvgIpc) is 3.46. The zero-order chi connectivity index (χ0) is 57.8. The smallest absolute Gasteiger partial charge is 0.306 e. The highest BCUT2D eigenvalue weighted by molar-refractivity contribution is 5.71. The lowest BCUT2D eigenvalue weighted by atomic mass is 10.0. The molecule has 0 bridgehead atoms. The Kier molecular flexibility index (Phi) is 67.1. The first-order valence-electron chi connectivity index (χ1n) is 36.0. The largest absolute Gasteiger partial charge is 0.462 e. The van der Waals surface area contributed by atoms with Crippen molar-refractivity contribution in [3.05, 3.63) is 36.5 Å². The summed E-state index contributed by atoms with van der Waals surface area (Å²) in [5, 5.41) is 0. The number of unbranched alkanes of at least 4 members (excludes halogenated alkanes) is 50. The van der Waals surface area contributed by atoms with Gasteiger partial charge in [-0.3, -0.25) is 14.4 Å². The van der Waals surface area contributed by atoms with Crippen molar-refractivity contribution in [2.45, 2.75) is 406 Å². The number of rotatable bonds is 67. The molecule has 1 atom stereocenters. The quantitative estimate of drug-likeness (QED) is 0.0261. The first-order valence-corrected chi connectivity index (χ1v) is 36.0. The Morgan fingerprint density at radius 2 is 0.487 bits per heavy atom. The van der Waals surface area contributed by atoms with E-state index in [-0.39, 0.29) is 31.1 Å². The van der Waals surface area contributed by atoms with Crippen molar-refractivity contribution in [3.8, 4) is 0 Å². The predicted molar refractivity (Wildman–Crippen MR) is 349 cm³/mol. The molecule has 0 aromatic heterocycles. The van der Waals surface area contributed by atoms with Crippen molar-refractivity contribution < 1.29 is 28.6 Å². The molecule has 0 saturated heterocycles. The van der Waals surface area contributed by atoms with Gasteiger partial charge in [-0.1, -0.05) is 365 Å². The maximum absolute atomic E-state index is 12.9. The van der Waals surface area contributed by atoms with Crippen LogP contribution >= 0.6 is 0 Å². The minimum absolute atomic E-state index is 0.0757. The van der Waals surface area contributed by atoms with Gasteiger partial charge in [0.25, 0.3) is 0 Å². The van der Waals surface area contributed by atoms with Crippen molar-refractivity contribution >= 4 is 17.9 Å². The molecular weight excluding hydrogens is 985 g/mol. The Labute approximate surface area is 499 Å². The van der Waals surface area contributed by atoms with E-state index in [0.29, 0.717) is 19.3 Å². The van der Waals surface area contributed by atoms with Crippen LogP contribution in [0, 0.1) is 0 Å². The van der Waals surface area contributed by atoms with E-state index in [0.717, 1.165) is 83.5 Å². The van der Waals surface area contributed by atoms with Gasteiger partial charge < -0.3 is 14.2 Å². The summed E-state index contributed by atoms with van der Waals surface area (Å²) >= 11 is 0. The molecule has 0 aromatic carbocycles. The highest BCUT2D eigenvalue weighted by atomic mass is 16.6. The van der Waals surface area contributed by atoms with Gasteiger partial charge in [0.2, 0.25) is 0 Å². The normalized spacial score (nSPS) is 12.2. The van der Waals surface area contributed by atoms with Crippen LogP contribution in [0.1, 0.15) is 400 Å². The van der Waals surface area contributed by atoms with E-state index in [1.165, 1.54) is 276 Å². The average molecular weight is 1120 g/mol. The van der Waals surface area contributed by atoms with Crippen molar-refractivity contribution in [3.63, 3.8) is 0 Å². The first kappa shape index (κ1) is 77.6. The molecule has 6 heteroatoms. The third kappa shape index (κ3) is 66.4. The molecule has 470 valence electrons. The standard InChI is InChI=1S/C74H138O6/c1-4-7-10-13-16-19-22-25-27-29-31-33-34-35-36-37-38-39-41-42-44-46-49-52-55-58-61-64-67-73(76)79-70-71(69-78-72(75)66-63-60-57-54-51-48-24-21-18-15-12-9-6-3)80-74(77)68-65-62-59-56-53-50-47-45-43-40-32-30-28-26-23-20-17-14-11-8-5-2/h9,12,18,21,48,51,71H,4-8,10-11,13-17,19-20,22-47,49-50,52-70H2,1-3H3/b12-9-,21-18-,51-48-. The molecule has 0 radical (unpaired) electrons. The molecule has 0 aromatic rings. The van der Waals surface area contributed by atoms with Crippen LogP contribution in [0.25, 0.3) is 0 Å². The van der Waals surface area contributed by atoms with E-state index in [2.05, 4.69) is 57.2 Å². The van der Waals surface area contributed by atoms with Gasteiger partial charge in [0, 0.05) is 19.3 Å². The molecule has 0 aliphatic carbocycles. The summed E-state index contributed by atoms with van der Waals surface area (Å²) in [6.07, 6.45) is 86.3. The van der Waals surface area contributed by atoms with Crippen LogP contribution in [-0.2, 0) is 28.6 Å². The SMILES string of the molecule is CC/C=C\C/C=C\C/C=C\CCCCCC(=O)OCC(COC(=O)CCCCCCCCCCCCCCCCCCCCCCCCCCCCCC)OC(=O)CCCCCCCCCCCCCCCCCCCCCCC. The lowest BCUT2D eigenvalue weighted by molar-refractivity contribution is -0.167. The first-order chi connectivity index (χ1) is 39.5. The summed E-state index contributed by atoms with van der Waals surface area (Å²) in [6.45, 7) is 6.58. The van der Waals surface area contributed by atoms with Crippen molar-refractivity contribution in [2.24, 2.45) is 0 Å². The van der Waals surface area contributed by atoms with Gasteiger partial charge in [0.05, 0.1) is 0 Å². The third-order valence-electron chi connectivity index (χ3n) is 16.4. The van der Waals surface area contributed by atoms with Crippen LogP contribution in [0.2, 0.25) is 0 Å². The van der Waals surface area contributed by atoms with Crippen molar-refractivity contribution in [2.75, 3.05) is 13.2 Å². The number of carbonyl (C=O) groups is 3. The summed E-state index contributed by atoms with van der Waals surface area (Å²) in [5.41, 5.74) is 0. The van der Waals surface area contributed by atoms with Gasteiger partial charge in [-0.2, -0.15) is 0 Å². The van der Waals surface area contributed by atoms with Gasteiger partial charge >= 0.3 is 17.9 Å². The number of hydrogen-bond donors (Lipinski definition) is 0. The summed E-state index contributed by atoms with van der Waals surface area (Å²) < 4.78 is 17.0. The van der Waals surface area contributed by atoms with E-state index in [4.69, 9.17) is 14.2 Å². The molecule has 1 unspecified atom stereocenters. The van der Waals surface area contributed by atoms with Crippen LogP contribution in [0.4, 0.5) is 0 Å². The minimum atomic E-state index is -0.782. The fourth-order valence-corrected chi connectivity index (χ4v) is 11.1. The fourth-order valence-electron chi connectivity index (χ4n) is 11.1. The number of allylic oxidation sites excluding steroid dienone is 6. The Morgan fingerprint density at radius 1 is 0.263 bits per heavy atom. The topological polar surface area (TPSA) is 78.9 Å². The van der Waals surface area contributed by atoms with E-state index >= 15 is 0 Å². The van der Waals surface area contributed by atoms with Gasteiger partial charge in [-0.15, -0.1) is 0 Å². The minimum Gasteiger partial charge on any atom is -0.462 e. The summed E-state index contributed by atoms with van der Waals surface area (Å²) in [4.78, 5) is 38.4. The molecule has 0 amide bonds. The zero-order valence-corrected chi connectivity index (χ0v) is 54.1. The molecule has 6 nitrogen and oxygen atoms in total. The van der Waals surface area contributed by atoms with Gasteiger partial charge in [-0.05, 0) is 51.4 Å². The Balaban J connectivity index is 4.18. The highest BCUT2D eigenvalue weighted by Crippen LogP contribution is 2.19. The predicted octanol–water partition coefficient (Wildman–Crippen LogP) is 24.7. The van der Waals surface area contributed by atoms with E-state index < -0.39 is 6.10 Å². The van der Waals surface area contributed by atoms with Crippen LogP contribution in [0.5, 0.6) is 0 Å². The van der Waals surface area contributed by atoms with Gasteiger partial charge in [-0.25, -0.2) is 0 Å². The number of esters is 3. The fraction of sp³-hybridized carbons (Fsp3) is 0.878. The van der Waals surface area contributed by atoms with Crippen LogP contribution in [-0.4, -0.2) is 37.2 Å². The molecule has 80 heavy (non-hydrogen) atoms. The maximum atomic E-state index is 12.9. The molecule has 0 saturated carbocycles. The third-order valence-corrected chi connectivity index (χ3v) is 16.4. The molecule has 0 rings (SSSR count). The molecule has 0 N–H and O–H groups in total. The monoisotopic (exact) mass is 1120 g/mol. The van der Waals surface area contributed by atoms with E-state index in [9.17, 15) is 14.4 Å². The molecule has 0 fully saturated rings. The number of carbonyl (C=O) groups excluding carboxylic acids is 3. The summed E-state index contributed by atoms with van der Waals surface area (Å²) in [7, 11) is 0. The highest BCUT2D eigenvalue weighted by Gasteiger charge is 2.19. The van der Waals surface area contributed by atoms with Crippen LogP contribution in [0.15, 0.2) is 36.5 Å². The van der Waals surface area contributed by atoms with Crippen molar-refractivity contribution in [1.82, 2.24) is 0 Å². The maximum Gasteiger partial charge on any atom is 0.306 e. The molecule has 0 spiro atoms. The van der Waals surface area contributed by atoms with E-state index in [1.54, 1.807) is 0 Å². The number of hydrogen-bond acceptors (Lipinski definition) is 6. The lowest BCUT2D eigenvalue weighted by Crippen LogP contribution is -2.30. The van der Waals surface area contributed by atoms with Gasteiger partial charge in [0.1, 0.15) is 13.2 Å². The Bertz CT molecular complexity index is 1340. The van der Waals surface area contributed by atoms with Crippen molar-refractivity contribution in [1.29, 1.82) is 0 Å². The molecular formula is C74H138O6. The lowest BCUT2D eigenvalue weighted by Gasteiger charge is -2.18. The number of ether oxygens (including phenoxy) is 3. The van der Waals surface area contributed by atoms with Gasteiger partial charge in [0.15, 0.2) is 6.10 Å². The van der Waals surface area contributed by atoms with Crippen LogP contribution < -0.4 is 0 Å². The molecule has 0 heterocycles. The Morgan fingerprint density at radius 3 is 0.762 bits per heavy atom. The van der Waals surface area contributed by atoms with E-state index in [1.807, 2.05) is 0 Å². The second kappa shape index (κ2) is 69.1. The summed E-state index contributed by atoms with van der Waals surface area (Å²) in [5.74, 6) is -0.876. The molecule has 0 aliphatic rings.